The van der Waals surface area contributed by atoms with Crippen molar-refractivity contribution >= 4 is 11.0 Å². The third kappa shape index (κ3) is 3.59. The fraction of sp³-hybridized carbons (Fsp3) is 0.211. The quantitative estimate of drug-likeness (QED) is 0.653. The minimum Gasteiger partial charge on any atom is -0.489 e. The minimum absolute atomic E-state index is 0.252. The number of hydrogen-bond donors (Lipinski definition) is 0. The van der Waals surface area contributed by atoms with Crippen LogP contribution in [0.1, 0.15) is 24.5 Å². The van der Waals surface area contributed by atoms with Gasteiger partial charge in [-0.1, -0.05) is 25.5 Å². The Balaban J connectivity index is 1.86. The van der Waals surface area contributed by atoms with Crippen molar-refractivity contribution in [1.29, 1.82) is 0 Å². The zero-order chi connectivity index (χ0) is 16.2. The molecule has 0 aliphatic rings. The zero-order valence-corrected chi connectivity index (χ0v) is 12.8. The average Bonchev–Trinajstić information content (AvgIpc) is 2.53. The summed E-state index contributed by atoms with van der Waals surface area (Å²) in [6.45, 7) is 2.32. The highest BCUT2D eigenvalue weighted by atomic mass is 19.1. The average molecular weight is 312 g/mol. The lowest BCUT2D eigenvalue weighted by molar-refractivity contribution is 0.305. The number of fused-ring (bicyclic) bond motifs is 1. The second kappa shape index (κ2) is 6.65. The lowest BCUT2D eigenvalue weighted by Gasteiger charge is -2.09. The minimum atomic E-state index is -0.358. The largest absolute Gasteiger partial charge is 0.489 e. The number of hydrogen-bond acceptors (Lipinski definition) is 3. The monoisotopic (exact) mass is 312 g/mol. The maximum atomic E-state index is 13.2. The predicted octanol–water partition coefficient (Wildman–Crippen LogP) is 4.46. The SMILES string of the molecule is CCCc1cc(=O)oc2cc(OCc3cccc(F)c3)ccc12. The fourth-order valence-corrected chi connectivity index (χ4v) is 2.57. The molecule has 0 aliphatic heterocycles. The van der Waals surface area contributed by atoms with Crippen molar-refractivity contribution in [2.45, 2.75) is 26.4 Å². The van der Waals surface area contributed by atoms with E-state index in [1.54, 1.807) is 24.3 Å². The van der Waals surface area contributed by atoms with Gasteiger partial charge < -0.3 is 9.15 Å². The molecule has 1 heterocycles. The number of ether oxygens (including phenoxy) is 1. The Hall–Kier alpha value is -2.62. The molecule has 0 aliphatic carbocycles. The van der Waals surface area contributed by atoms with E-state index in [4.69, 9.17) is 9.15 Å². The standard InChI is InChI=1S/C19H17FO3/c1-2-4-14-10-19(21)23-18-11-16(7-8-17(14)18)22-12-13-5-3-6-15(20)9-13/h3,5-11H,2,4,12H2,1H3. The molecule has 0 saturated heterocycles. The van der Waals surface area contributed by atoms with Gasteiger partial charge in [0.1, 0.15) is 23.8 Å². The molecule has 4 heteroatoms. The van der Waals surface area contributed by atoms with E-state index in [0.717, 1.165) is 29.4 Å². The first-order valence-corrected chi connectivity index (χ1v) is 7.60. The third-order valence-corrected chi connectivity index (χ3v) is 3.62. The maximum absolute atomic E-state index is 13.2. The van der Waals surface area contributed by atoms with Crippen LogP contribution in [0.3, 0.4) is 0 Å². The van der Waals surface area contributed by atoms with Crippen LogP contribution in [0.15, 0.2) is 57.7 Å². The van der Waals surface area contributed by atoms with E-state index in [2.05, 4.69) is 6.92 Å². The van der Waals surface area contributed by atoms with Gasteiger partial charge in [-0.2, -0.15) is 0 Å². The van der Waals surface area contributed by atoms with E-state index in [1.165, 1.54) is 12.1 Å². The van der Waals surface area contributed by atoms with Gasteiger partial charge in [-0.15, -0.1) is 0 Å². The maximum Gasteiger partial charge on any atom is 0.336 e. The van der Waals surface area contributed by atoms with Gasteiger partial charge in [-0.05, 0) is 41.8 Å². The molecular formula is C19H17FO3. The summed E-state index contributed by atoms with van der Waals surface area (Å²) in [6.07, 6.45) is 1.78. The Morgan fingerprint density at radius 3 is 2.78 bits per heavy atom. The van der Waals surface area contributed by atoms with Crippen LogP contribution in [-0.4, -0.2) is 0 Å². The van der Waals surface area contributed by atoms with Gasteiger partial charge in [0.05, 0.1) is 0 Å². The molecule has 23 heavy (non-hydrogen) atoms. The zero-order valence-electron chi connectivity index (χ0n) is 12.8. The fourth-order valence-electron chi connectivity index (χ4n) is 2.57. The molecule has 118 valence electrons. The van der Waals surface area contributed by atoms with Crippen molar-refractivity contribution in [2.24, 2.45) is 0 Å². The van der Waals surface area contributed by atoms with E-state index < -0.39 is 0 Å². The van der Waals surface area contributed by atoms with Crippen molar-refractivity contribution < 1.29 is 13.5 Å². The number of benzene rings is 2. The lowest BCUT2D eigenvalue weighted by atomic mass is 10.1. The molecular weight excluding hydrogens is 295 g/mol. The van der Waals surface area contributed by atoms with Crippen molar-refractivity contribution in [1.82, 2.24) is 0 Å². The molecule has 3 nitrogen and oxygen atoms in total. The Morgan fingerprint density at radius 1 is 1.13 bits per heavy atom. The van der Waals surface area contributed by atoms with Gasteiger partial charge in [-0.25, -0.2) is 9.18 Å². The molecule has 3 rings (SSSR count). The number of halogens is 1. The van der Waals surface area contributed by atoms with E-state index in [-0.39, 0.29) is 18.0 Å². The van der Waals surface area contributed by atoms with Crippen LogP contribution in [0.5, 0.6) is 5.75 Å². The topological polar surface area (TPSA) is 39.4 Å². The van der Waals surface area contributed by atoms with E-state index in [0.29, 0.717) is 11.3 Å². The summed E-state index contributed by atoms with van der Waals surface area (Å²) < 4.78 is 24.1. The Kier molecular flexibility index (Phi) is 4.42. The molecule has 0 N–H and O–H groups in total. The van der Waals surface area contributed by atoms with E-state index >= 15 is 0 Å². The van der Waals surface area contributed by atoms with Crippen LogP contribution in [-0.2, 0) is 13.0 Å². The van der Waals surface area contributed by atoms with Gasteiger partial charge in [0, 0.05) is 17.5 Å². The summed E-state index contributed by atoms with van der Waals surface area (Å²) in [4.78, 5) is 11.7. The summed E-state index contributed by atoms with van der Waals surface area (Å²) in [5, 5.41) is 0.921. The number of rotatable bonds is 5. The van der Waals surface area contributed by atoms with Crippen molar-refractivity contribution in [3.63, 3.8) is 0 Å². The molecule has 0 fully saturated rings. The van der Waals surface area contributed by atoms with Gasteiger partial charge in [0.15, 0.2) is 0 Å². The lowest BCUT2D eigenvalue weighted by Crippen LogP contribution is -2.01. The summed E-state index contributed by atoms with van der Waals surface area (Å²) in [6, 6.07) is 13.2. The Labute approximate surface area is 133 Å². The van der Waals surface area contributed by atoms with E-state index in [9.17, 15) is 9.18 Å². The third-order valence-electron chi connectivity index (χ3n) is 3.62. The van der Waals surface area contributed by atoms with Crippen LogP contribution < -0.4 is 10.4 Å². The summed E-state index contributed by atoms with van der Waals surface area (Å²) in [5.74, 6) is 0.290. The molecule has 0 spiro atoms. The van der Waals surface area contributed by atoms with Crippen LogP contribution in [0, 0.1) is 5.82 Å². The summed E-state index contributed by atoms with van der Waals surface area (Å²) >= 11 is 0. The second-order valence-electron chi connectivity index (χ2n) is 5.42. The van der Waals surface area contributed by atoms with Crippen LogP contribution >= 0.6 is 0 Å². The number of aryl methyl sites for hydroxylation is 1. The highest BCUT2D eigenvalue weighted by Crippen LogP contribution is 2.24. The van der Waals surface area contributed by atoms with Crippen LogP contribution in [0.4, 0.5) is 4.39 Å². The summed E-state index contributed by atoms with van der Waals surface area (Å²) in [7, 11) is 0. The van der Waals surface area contributed by atoms with Crippen molar-refractivity contribution in [2.75, 3.05) is 0 Å². The normalized spacial score (nSPS) is 10.9. The molecule has 0 amide bonds. The van der Waals surface area contributed by atoms with Crippen LogP contribution in [0.2, 0.25) is 0 Å². The molecule has 0 unspecified atom stereocenters. The molecule has 0 saturated carbocycles. The molecule has 0 bridgehead atoms. The molecule has 2 aromatic carbocycles. The highest BCUT2D eigenvalue weighted by molar-refractivity contribution is 5.81. The van der Waals surface area contributed by atoms with E-state index in [1.807, 2.05) is 12.1 Å². The van der Waals surface area contributed by atoms with Crippen molar-refractivity contribution in [3.05, 3.63) is 75.9 Å². The van der Waals surface area contributed by atoms with Crippen molar-refractivity contribution in [3.8, 4) is 5.75 Å². The van der Waals surface area contributed by atoms with Gasteiger partial charge in [0.2, 0.25) is 0 Å². The second-order valence-corrected chi connectivity index (χ2v) is 5.42. The smallest absolute Gasteiger partial charge is 0.336 e. The molecule has 3 aromatic rings. The molecule has 0 atom stereocenters. The predicted molar refractivity (Wildman–Crippen MR) is 87.2 cm³/mol. The summed E-state index contributed by atoms with van der Waals surface area (Å²) in [5.41, 5.74) is 1.88. The first kappa shape index (κ1) is 15.3. The van der Waals surface area contributed by atoms with Gasteiger partial charge in [0.25, 0.3) is 0 Å². The highest BCUT2D eigenvalue weighted by Gasteiger charge is 2.07. The molecule has 1 aromatic heterocycles. The Morgan fingerprint density at radius 2 is 2.00 bits per heavy atom. The molecule has 0 radical (unpaired) electrons. The first-order valence-electron chi connectivity index (χ1n) is 7.60. The van der Waals surface area contributed by atoms with Gasteiger partial charge in [-0.3, -0.25) is 0 Å². The first-order chi connectivity index (χ1) is 11.2. The van der Waals surface area contributed by atoms with Crippen LogP contribution in [0.25, 0.3) is 11.0 Å². The van der Waals surface area contributed by atoms with Gasteiger partial charge >= 0.3 is 5.63 Å². The Bertz CT molecular complexity index is 883.